The lowest BCUT2D eigenvalue weighted by molar-refractivity contribution is 0.00578. The van der Waals surface area contributed by atoms with Crippen LogP contribution < -0.4 is 0 Å². The quantitative estimate of drug-likeness (QED) is 0.692. The maximum atomic E-state index is 9.90. The van der Waals surface area contributed by atoms with Gasteiger partial charge in [-0.2, -0.15) is 0 Å². The SMILES string of the molecule is CC1(C)OB(C(=Cc2ccc3[nH]c4ccccc4c3c2)CO)OC1(C)C. The summed E-state index contributed by atoms with van der Waals surface area (Å²) in [5.41, 5.74) is 3.12. The first-order valence-corrected chi connectivity index (χ1v) is 8.98. The van der Waals surface area contributed by atoms with E-state index in [1.807, 2.05) is 52.0 Å². The summed E-state index contributed by atoms with van der Waals surface area (Å²) in [7, 11) is -0.538. The number of aromatic amines is 1. The molecule has 1 saturated heterocycles. The number of para-hydroxylation sites is 1. The summed E-state index contributed by atoms with van der Waals surface area (Å²) >= 11 is 0. The molecular formula is C21H24BNO3. The summed E-state index contributed by atoms with van der Waals surface area (Å²) in [5, 5.41) is 12.3. The minimum Gasteiger partial charge on any atom is -0.400 e. The standard InChI is InChI=1S/C21H24BNO3/c1-20(2)21(3,4)26-22(25-20)15(13-24)11-14-9-10-19-17(12-14)16-7-5-6-8-18(16)23-19/h5-12,23-24H,13H2,1-4H3. The molecule has 1 aliphatic heterocycles. The molecule has 26 heavy (non-hydrogen) atoms. The van der Waals surface area contributed by atoms with Crippen LogP contribution in [0.3, 0.4) is 0 Å². The maximum absolute atomic E-state index is 9.90. The predicted molar refractivity (Wildman–Crippen MR) is 107 cm³/mol. The number of aliphatic hydroxyl groups excluding tert-OH is 1. The molecule has 4 nitrogen and oxygen atoms in total. The Bertz CT molecular complexity index is 987. The summed E-state index contributed by atoms with van der Waals surface area (Å²) in [4.78, 5) is 3.43. The highest BCUT2D eigenvalue weighted by molar-refractivity contribution is 6.55. The second kappa shape index (κ2) is 5.98. The van der Waals surface area contributed by atoms with E-state index >= 15 is 0 Å². The Kier molecular flexibility index (Phi) is 3.99. The Morgan fingerprint density at radius 1 is 1.00 bits per heavy atom. The van der Waals surface area contributed by atoms with E-state index in [9.17, 15) is 5.11 Å². The minimum atomic E-state index is -0.538. The smallest absolute Gasteiger partial charge is 0.400 e. The maximum Gasteiger partial charge on any atom is 0.492 e. The molecule has 0 amide bonds. The van der Waals surface area contributed by atoms with Gasteiger partial charge in [0.1, 0.15) is 0 Å². The van der Waals surface area contributed by atoms with Gasteiger partial charge in [-0.3, -0.25) is 0 Å². The molecule has 0 unspecified atom stereocenters. The zero-order chi connectivity index (χ0) is 18.5. The van der Waals surface area contributed by atoms with E-state index in [0.29, 0.717) is 0 Å². The molecule has 0 radical (unpaired) electrons. The average molecular weight is 349 g/mol. The van der Waals surface area contributed by atoms with Crippen LogP contribution >= 0.6 is 0 Å². The molecule has 4 rings (SSSR count). The molecule has 2 heterocycles. The molecule has 0 bridgehead atoms. The van der Waals surface area contributed by atoms with Gasteiger partial charge in [-0.25, -0.2) is 0 Å². The third-order valence-corrected chi connectivity index (χ3v) is 5.62. The largest absolute Gasteiger partial charge is 0.492 e. The highest BCUT2D eigenvalue weighted by Crippen LogP contribution is 2.39. The Balaban J connectivity index is 1.73. The van der Waals surface area contributed by atoms with Crippen molar-refractivity contribution in [2.24, 2.45) is 0 Å². The first-order chi connectivity index (χ1) is 12.3. The van der Waals surface area contributed by atoms with Gasteiger partial charge in [0.25, 0.3) is 0 Å². The number of aliphatic hydroxyl groups is 1. The van der Waals surface area contributed by atoms with Gasteiger partial charge in [-0.05, 0) is 56.9 Å². The summed E-state index contributed by atoms with van der Waals surface area (Å²) < 4.78 is 12.2. The molecule has 0 atom stereocenters. The molecule has 1 aromatic heterocycles. The van der Waals surface area contributed by atoms with Crippen LogP contribution in [0.25, 0.3) is 27.9 Å². The van der Waals surface area contributed by atoms with E-state index in [1.165, 1.54) is 10.8 Å². The van der Waals surface area contributed by atoms with Crippen molar-refractivity contribution in [2.45, 2.75) is 38.9 Å². The fourth-order valence-corrected chi connectivity index (χ4v) is 3.35. The van der Waals surface area contributed by atoms with Crippen LogP contribution in [0.15, 0.2) is 47.9 Å². The number of nitrogens with one attached hydrogen (secondary N) is 1. The van der Waals surface area contributed by atoms with E-state index in [1.54, 1.807) is 0 Å². The van der Waals surface area contributed by atoms with Crippen LogP contribution in [0.1, 0.15) is 33.3 Å². The molecule has 2 aromatic carbocycles. The van der Waals surface area contributed by atoms with Crippen LogP contribution in [0, 0.1) is 0 Å². The highest BCUT2D eigenvalue weighted by Gasteiger charge is 2.52. The average Bonchev–Trinajstić information content (AvgIpc) is 3.06. The summed E-state index contributed by atoms with van der Waals surface area (Å²) in [5.74, 6) is 0. The third kappa shape index (κ3) is 2.76. The lowest BCUT2D eigenvalue weighted by Gasteiger charge is -2.32. The van der Waals surface area contributed by atoms with Crippen molar-refractivity contribution < 1.29 is 14.4 Å². The lowest BCUT2D eigenvalue weighted by atomic mass is 9.77. The molecular weight excluding hydrogens is 325 g/mol. The van der Waals surface area contributed by atoms with Crippen LogP contribution in [-0.4, -0.2) is 35.0 Å². The van der Waals surface area contributed by atoms with E-state index in [4.69, 9.17) is 9.31 Å². The molecule has 0 saturated carbocycles. The van der Waals surface area contributed by atoms with E-state index in [-0.39, 0.29) is 6.61 Å². The van der Waals surface area contributed by atoms with Crippen molar-refractivity contribution in [1.29, 1.82) is 0 Å². The molecule has 1 fully saturated rings. The Hall–Kier alpha value is -2.08. The van der Waals surface area contributed by atoms with Gasteiger partial charge in [-0.1, -0.05) is 30.3 Å². The Labute approximate surface area is 154 Å². The van der Waals surface area contributed by atoms with E-state index in [0.717, 1.165) is 22.1 Å². The van der Waals surface area contributed by atoms with Gasteiger partial charge in [0.15, 0.2) is 0 Å². The molecule has 2 N–H and O–H groups in total. The summed E-state index contributed by atoms with van der Waals surface area (Å²) in [6.07, 6.45) is 1.96. The first-order valence-electron chi connectivity index (χ1n) is 8.98. The zero-order valence-electron chi connectivity index (χ0n) is 15.7. The number of H-pyrrole nitrogens is 1. The van der Waals surface area contributed by atoms with Gasteiger partial charge in [0.05, 0.1) is 17.8 Å². The fourth-order valence-electron chi connectivity index (χ4n) is 3.35. The first kappa shape index (κ1) is 17.3. The molecule has 5 heteroatoms. The minimum absolute atomic E-state index is 0.108. The molecule has 134 valence electrons. The van der Waals surface area contributed by atoms with Crippen LogP contribution in [0.5, 0.6) is 0 Å². The summed E-state index contributed by atoms with van der Waals surface area (Å²) in [6, 6.07) is 14.5. The number of benzene rings is 2. The molecule has 0 aliphatic carbocycles. The normalized spacial score (nSPS) is 19.6. The van der Waals surface area contributed by atoms with Crippen LogP contribution in [0.2, 0.25) is 0 Å². The van der Waals surface area contributed by atoms with Crippen molar-refractivity contribution in [2.75, 3.05) is 6.61 Å². The van der Waals surface area contributed by atoms with Gasteiger partial charge in [0.2, 0.25) is 0 Å². The topological polar surface area (TPSA) is 54.5 Å². The number of aromatic nitrogens is 1. The van der Waals surface area contributed by atoms with Gasteiger partial charge in [-0.15, -0.1) is 0 Å². The number of fused-ring (bicyclic) bond motifs is 3. The lowest BCUT2D eigenvalue weighted by Crippen LogP contribution is -2.41. The van der Waals surface area contributed by atoms with Crippen molar-refractivity contribution in [3.05, 3.63) is 53.5 Å². The number of hydrogen-bond acceptors (Lipinski definition) is 3. The van der Waals surface area contributed by atoms with E-state index < -0.39 is 18.3 Å². The van der Waals surface area contributed by atoms with Crippen molar-refractivity contribution in [3.8, 4) is 0 Å². The van der Waals surface area contributed by atoms with E-state index in [2.05, 4.69) is 29.2 Å². The molecule has 3 aromatic rings. The van der Waals surface area contributed by atoms with Crippen LogP contribution in [0.4, 0.5) is 0 Å². The Morgan fingerprint density at radius 3 is 2.35 bits per heavy atom. The second-order valence-electron chi connectivity index (χ2n) is 7.94. The van der Waals surface area contributed by atoms with Gasteiger partial charge < -0.3 is 19.4 Å². The zero-order valence-corrected chi connectivity index (χ0v) is 15.7. The monoisotopic (exact) mass is 349 g/mol. The van der Waals surface area contributed by atoms with Crippen molar-refractivity contribution in [1.82, 2.24) is 4.98 Å². The van der Waals surface area contributed by atoms with Gasteiger partial charge >= 0.3 is 7.12 Å². The highest BCUT2D eigenvalue weighted by atomic mass is 16.7. The van der Waals surface area contributed by atoms with Crippen molar-refractivity contribution >= 4 is 35.0 Å². The van der Waals surface area contributed by atoms with Gasteiger partial charge in [0, 0.05) is 21.8 Å². The van der Waals surface area contributed by atoms with Crippen molar-refractivity contribution in [3.63, 3.8) is 0 Å². The molecule has 0 spiro atoms. The third-order valence-electron chi connectivity index (χ3n) is 5.62. The fraction of sp³-hybridized carbons (Fsp3) is 0.333. The second-order valence-corrected chi connectivity index (χ2v) is 7.94. The predicted octanol–water partition coefficient (Wildman–Crippen LogP) is 4.33. The summed E-state index contributed by atoms with van der Waals surface area (Å²) in [6.45, 7) is 7.95. The Morgan fingerprint density at radius 2 is 1.65 bits per heavy atom. The molecule has 1 aliphatic rings. The number of hydrogen-bond donors (Lipinski definition) is 2. The van der Waals surface area contributed by atoms with Crippen LogP contribution in [-0.2, 0) is 9.31 Å². The number of rotatable bonds is 3.